The van der Waals surface area contributed by atoms with Crippen LogP contribution in [0, 0.1) is 0 Å². The molecule has 24 heavy (non-hydrogen) atoms. The smallest absolute Gasteiger partial charge is 0.337 e. The lowest BCUT2D eigenvalue weighted by Gasteiger charge is -2.26. The maximum atomic E-state index is 11.5. The molecule has 3 aromatic rings. The van der Waals surface area contributed by atoms with Crippen LogP contribution in [0.2, 0.25) is 0 Å². The Morgan fingerprint density at radius 3 is 2.71 bits per heavy atom. The van der Waals surface area contributed by atoms with Crippen LogP contribution in [0.1, 0.15) is 29.8 Å². The summed E-state index contributed by atoms with van der Waals surface area (Å²) >= 11 is 0. The molecule has 3 rings (SSSR count). The number of nitrogen functional groups attached to an aromatic ring is 1. The average molecular weight is 325 g/mol. The molecule has 0 unspecified atom stereocenters. The number of carboxylic acid groups (broad SMARTS) is 1. The minimum absolute atomic E-state index is 0.105. The van der Waals surface area contributed by atoms with Gasteiger partial charge in [-0.15, -0.1) is 5.10 Å². The molecule has 7 heteroatoms. The van der Waals surface area contributed by atoms with Crippen molar-refractivity contribution >= 4 is 23.3 Å². The van der Waals surface area contributed by atoms with Crippen molar-refractivity contribution in [2.45, 2.75) is 19.3 Å². The van der Waals surface area contributed by atoms with Crippen molar-refractivity contribution < 1.29 is 9.90 Å². The maximum Gasteiger partial charge on any atom is 0.337 e. The van der Waals surface area contributed by atoms with Gasteiger partial charge in [0, 0.05) is 12.0 Å². The Morgan fingerprint density at radius 1 is 1.33 bits per heavy atom. The van der Waals surface area contributed by atoms with Crippen molar-refractivity contribution in [2.75, 3.05) is 17.6 Å². The van der Waals surface area contributed by atoms with E-state index in [1.807, 2.05) is 18.2 Å². The third-order valence-corrected chi connectivity index (χ3v) is 4.00. The predicted octanol–water partition coefficient (Wildman–Crippen LogP) is 2.40. The van der Waals surface area contributed by atoms with Gasteiger partial charge in [-0.2, -0.15) is 4.98 Å². The van der Waals surface area contributed by atoms with Gasteiger partial charge in [-0.3, -0.25) is 0 Å². The Morgan fingerprint density at radius 2 is 2.04 bits per heavy atom. The Balaban J connectivity index is 1.91. The summed E-state index contributed by atoms with van der Waals surface area (Å²) in [6.45, 7) is 4.76. The fourth-order valence-corrected chi connectivity index (χ4v) is 2.57. The van der Waals surface area contributed by atoms with Gasteiger partial charge < -0.3 is 16.2 Å². The van der Waals surface area contributed by atoms with Crippen molar-refractivity contribution in [3.05, 3.63) is 53.7 Å². The highest BCUT2D eigenvalue weighted by Crippen LogP contribution is 2.25. The number of fused-ring (bicyclic) bond motifs is 1. The number of carbonyl (C=O) groups is 1. The summed E-state index contributed by atoms with van der Waals surface area (Å²) in [5.41, 5.74) is 7.58. The number of benzene rings is 1. The fourth-order valence-electron chi connectivity index (χ4n) is 2.57. The van der Waals surface area contributed by atoms with E-state index in [1.54, 1.807) is 6.20 Å². The van der Waals surface area contributed by atoms with Crippen LogP contribution in [0.15, 0.2) is 42.6 Å². The number of carboxylic acids is 1. The number of nitrogens with zero attached hydrogens (tertiary/aromatic N) is 3. The van der Waals surface area contributed by atoms with E-state index in [9.17, 15) is 9.90 Å². The highest BCUT2D eigenvalue weighted by atomic mass is 16.4. The van der Waals surface area contributed by atoms with Crippen LogP contribution < -0.4 is 11.1 Å². The molecule has 0 bridgehead atoms. The SMILES string of the molecule is CC(C)(CNc1cn2nc(N)nc2cc1C(=O)O)c1ccccc1. The van der Waals surface area contributed by atoms with E-state index < -0.39 is 5.97 Å². The number of hydrogen-bond acceptors (Lipinski definition) is 5. The second kappa shape index (κ2) is 5.84. The number of aromatic carboxylic acids is 1. The lowest BCUT2D eigenvalue weighted by atomic mass is 9.84. The molecule has 124 valence electrons. The predicted molar refractivity (Wildman–Crippen MR) is 92.3 cm³/mol. The van der Waals surface area contributed by atoms with Crippen molar-refractivity contribution in [3.8, 4) is 0 Å². The Labute approximate surface area is 139 Å². The van der Waals surface area contributed by atoms with Gasteiger partial charge in [0.15, 0.2) is 5.65 Å². The number of pyridine rings is 1. The molecular weight excluding hydrogens is 306 g/mol. The minimum atomic E-state index is -1.03. The van der Waals surface area contributed by atoms with Crippen LogP contribution in [-0.2, 0) is 5.41 Å². The molecule has 0 amide bonds. The topological polar surface area (TPSA) is 106 Å². The summed E-state index contributed by atoms with van der Waals surface area (Å²) < 4.78 is 1.47. The van der Waals surface area contributed by atoms with Gasteiger partial charge in [-0.05, 0) is 11.6 Å². The third-order valence-electron chi connectivity index (χ3n) is 4.00. The lowest BCUT2D eigenvalue weighted by Crippen LogP contribution is -2.28. The first kappa shape index (κ1) is 15.8. The van der Waals surface area contributed by atoms with Crippen LogP contribution in [0.5, 0.6) is 0 Å². The van der Waals surface area contributed by atoms with E-state index in [2.05, 4.69) is 41.4 Å². The van der Waals surface area contributed by atoms with Crippen molar-refractivity contribution in [1.29, 1.82) is 0 Å². The number of rotatable bonds is 5. The number of aromatic nitrogens is 3. The van der Waals surface area contributed by atoms with Crippen LogP contribution in [0.3, 0.4) is 0 Å². The molecule has 0 aliphatic rings. The summed E-state index contributed by atoms with van der Waals surface area (Å²) in [5.74, 6) is -0.924. The van der Waals surface area contributed by atoms with Crippen molar-refractivity contribution in [1.82, 2.24) is 14.6 Å². The lowest BCUT2D eigenvalue weighted by molar-refractivity contribution is 0.0698. The van der Waals surface area contributed by atoms with E-state index in [-0.39, 0.29) is 16.9 Å². The van der Waals surface area contributed by atoms with Gasteiger partial charge >= 0.3 is 5.97 Å². The molecule has 0 atom stereocenters. The largest absolute Gasteiger partial charge is 0.478 e. The molecule has 0 saturated heterocycles. The molecule has 2 aromatic heterocycles. The van der Waals surface area contributed by atoms with E-state index in [0.29, 0.717) is 17.9 Å². The quantitative estimate of drug-likeness (QED) is 0.665. The molecule has 0 radical (unpaired) electrons. The molecule has 0 aliphatic carbocycles. The van der Waals surface area contributed by atoms with E-state index >= 15 is 0 Å². The van der Waals surface area contributed by atoms with E-state index in [4.69, 9.17) is 5.73 Å². The average Bonchev–Trinajstić information content (AvgIpc) is 2.92. The van der Waals surface area contributed by atoms with Gasteiger partial charge in [-0.25, -0.2) is 9.31 Å². The Kier molecular flexibility index (Phi) is 3.84. The highest BCUT2D eigenvalue weighted by molar-refractivity contribution is 5.95. The van der Waals surface area contributed by atoms with Crippen LogP contribution in [0.4, 0.5) is 11.6 Å². The van der Waals surface area contributed by atoms with E-state index in [1.165, 1.54) is 16.1 Å². The maximum absolute atomic E-state index is 11.5. The van der Waals surface area contributed by atoms with Crippen molar-refractivity contribution in [3.63, 3.8) is 0 Å². The minimum Gasteiger partial charge on any atom is -0.478 e. The van der Waals surface area contributed by atoms with E-state index in [0.717, 1.165) is 0 Å². The summed E-state index contributed by atoms with van der Waals surface area (Å²) in [5, 5.41) is 16.7. The number of nitrogens with two attached hydrogens (primary N) is 1. The molecule has 1 aromatic carbocycles. The summed E-state index contributed by atoms with van der Waals surface area (Å²) in [4.78, 5) is 15.5. The zero-order valence-corrected chi connectivity index (χ0v) is 13.5. The van der Waals surface area contributed by atoms with Gasteiger partial charge in [0.05, 0.1) is 17.4 Å². The summed E-state index contributed by atoms with van der Waals surface area (Å²) in [6.07, 6.45) is 1.60. The Bertz CT molecular complexity index is 887. The Hall–Kier alpha value is -3.09. The number of hydrogen-bond donors (Lipinski definition) is 3. The van der Waals surface area contributed by atoms with Crippen LogP contribution >= 0.6 is 0 Å². The molecule has 0 fully saturated rings. The number of anilines is 2. The second-order valence-electron chi connectivity index (χ2n) is 6.28. The van der Waals surface area contributed by atoms with Crippen molar-refractivity contribution in [2.24, 2.45) is 0 Å². The normalized spacial score (nSPS) is 11.6. The van der Waals surface area contributed by atoms with Gasteiger partial charge in [0.1, 0.15) is 0 Å². The first-order valence-electron chi connectivity index (χ1n) is 7.55. The van der Waals surface area contributed by atoms with Crippen LogP contribution in [-0.4, -0.2) is 32.2 Å². The first-order chi connectivity index (χ1) is 11.4. The summed E-state index contributed by atoms with van der Waals surface area (Å²) in [6, 6.07) is 11.5. The number of nitrogens with one attached hydrogen (secondary N) is 1. The third kappa shape index (κ3) is 3.01. The van der Waals surface area contributed by atoms with Gasteiger partial charge in [0.25, 0.3) is 0 Å². The summed E-state index contributed by atoms with van der Waals surface area (Å²) in [7, 11) is 0. The molecule has 2 heterocycles. The molecule has 7 nitrogen and oxygen atoms in total. The first-order valence-corrected chi connectivity index (χ1v) is 7.55. The monoisotopic (exact) mass is 325 g/mol. The molecule has 0 aliphatic heterocycles. The second-order valence-corrected chi connectivity index (χ2v) is 6.28. The highest BCUT2D eigenvalue weighted by Gasteiger charge is 2.22. The molecule has 4 N–H and O–H groups in total. The fraction of sp³-hybridized carbons (Fsp3) is 0.235. The van der Waals surface area contributed by atoms with Gasteiger partial charge in [-0.1, -0.05) is 44.2 Å². The zero-order chi connectivity index (χ0) is 17.3. The molecule has 0 spiro atoms. The molecule has 0 saturated carbocycles. The van der Waals surface area contributed by atoms with Crippen LogP contribution in [0.25, 0.3) is 5.65 Å². The standard InChI is InChI=1S/C17H19N5O2/c1-17(2,11-6-4-3-5-7-11)10-19-13-9-22-14(20-16(18)21-22)8-12(13)15(23)24/h3-9,19H,10H2,1-2H3,(H2,18,21)(H,23,24). The van der Waals surface area contributed by atoms with Gasteiger partial charge in [0.2, 0.25) is 5.95 Å². The zero-order valence-electron chi connectivity index (χ0n) is 13.5. The molecular formula is C17H19N5O2.